The van der Waals surface area contributed by atoms with Gasteiger partial charge in [-0.3, -0.25) is 0 Å². The SMILES string of the molecule is CC(C)c1ccccc1Nc1ncccc1CN. The molecule has 0 saturated carbocycles. The number of nitrogens with one attached hydrogen (secondary N) is 1. The van der Waals surface area contributed by atoms with E-state index >= 15 is 0 Å². The monoisotopic (exact) mass is 241 g/mol. The van der Waals surface area contributed by atoms with E-state index < -0.39 is 0 Å². The Bertz CT molecular complexity index is 521. The van der Waals surface area contributed by atoms with Crippen LogP contribution in [0.3, 0.4) is 0 Å². The van der Waals surface area contributed by atoms with Crippen LogP contribution >= 0.6 is 0 Å². The predicted molar refractivity (Wildman–Crippen MR) is 75.9 cm³/mol. The largest absolute Gasteiger partial charge is 0.340 e. The minimum atomic E-state index is 0.471. The van der Waals surface area contributed by atoms with Crippen LogP contribution < -0.4 is 11.1 Å². The maximum absolute atomic E-state index is 5.72. The summed E-state index contributed by atoms with van der Waals surface area (Å²) in [6.45, 7) is 4.85. The number of benzene rings is 1. The van der Waals surface area contributed by atoms with E-state index in [-0.39, 0.29) is 0 Å². The van der Waals surface area contributed by atoms with Crippen LogP contribution in [0.2, 0.25) is 0 Å². The molecule has 0 bridgehead atoms. The summed E-state index contributed by atoms with van der Waals surface area (Å²) in [7, 11) is 0. The van der Waals surface area contributed by atoms with E-state index in [4.69, 9.17) is 5.73 Å². The summed E-state index contributed by atoms with van der Waals surface area (Å²) >= 11 is 0. The van der Waals surface area contributed by atoms with Gasteiger partial charge >= 0.3 is 0 Å². The van der Waals surface area contributed by atoms with Crippen molar-refractivity contribution in [3.05, 3.63) is 53.7 Å². The summed E-state index contributed by atoms with van der Waals surface area (Å²) in [5.41, 5.74) is 9.13. The van der Waals surface area contributed by atoms with Crippen molar-refractivity contribution in [2.75, 3.05) is 5.32 Å². The van der Waals surface area contributed by atoms with E-state index in [0.29, 0.717) is 12.5 Å². The summed E-state index contributed by atoms with van der Waals surface area (Å²) in [6.07, 6.45) is 1.78. The van der Waals surface area contributed by atoms with Crippen LogP contribution in [-0.4, -0.2) is 4.98 Å². The van der Waals surface area contributed by atoms with Gasteiger partial charge in [-0.25, -0.2) is 4.98 Å². The molecule has 0 saturated heterocycles. The van der Waals surface area contributed by atoms with E-state index in [0.717, 1.165) is 17.1 Å². The number of pyridine rings is 1. The van der Waals surface area contributed by atoms with E-state index in [1.54, 1.807) is 6.20 Å². The second-order valence-electron chi connectivity index (χ2n) is 4.58. The number of nitrogens with zero attached hydrogens (tertiary/aromatic N) is 1. The van der Waals surface area contributed by atoms with Gasteiger partial charge in [-0.15, -0.1) is 0 Å². The Kier molecular flexibility index (Phi) is 3.95. The van der Waals surface area contributed by atoms with Crippen molar-refractivity contribution < 1.29 is 0 Å². The highest BCUT2D eigenvalue weighted by atomic mass is 15.0. The molecule has 1 heterocycles. The molecule has 0 aliphatic rings. The molecule has 0 aliphatic heterocycles. The molecule has 1 aromatic carbocycles. The lowest BCUT2D eigenvalue weighted by Gasteiger charge is -2.15. The molecule has 0 radical (unpaired) electrons. The second-order valence-corrected chi connectivity index (χ2v) is 4.58. The number of para-hydroxylation sites is 1. The average Bonchev–Trinajstić information content (AvgIpc) is 2.40. The zero-order chi connectivity index (χ0) is 13.0. The van der Waals surface area contributed by atoms with Gasteiger partial charge in [0.1, 0.15) is 5.82 Å². The number of rotatable bonds is 4. The number of hydrogen-bond acceptors (Lipinski definition) is 3. The van der Waals surface area contributed by atoms with E-state index in [2.05, 4.69) is 42.3 Å². The standard InChI is InChI=1S/C15H19N3/c1-11(2)13-7-3-4-8-14(13)18-15-12(10-16)6-5-9-17-15/h3-9,11H,10,16H2,1-2H3,(H,17,18). The Hall–Kier alpha value is -1.87. The predicted octanol–water partition coefficient (Wildman–Crippen LogP) is 3.41. The first-order valence-electron chi connectivity index (χ1n) is 6.22. The fourth-order valence-corrected chi connectivity index (χ4v) is 1.96. The average molecular weight is 241 g/mol. The molecule has 1 aromatic heterocycles. The van der Waals surface area contributed by atoms with Gasteiger partial charge in [0.2, 0.25) is 0 Å². The van der Waals surface area contributed by atoms with Crippen LogP contribution in [0, 0.1) is 0 Å². The Morgan fingerprint density at radius 1 is 1.17 bits per heavy atom. The van der Waals surface area contributed by atoms with Crippen molar-refractivity contribution in [3.63, 3.8) is 0 Å². The Morgan fingerprint density at radius 2 is 1.94 bits per heavy atom. The topological polar surface area (TPSA) is 50.9 Å². The normalized spacial score (nSPS) is 10.7. The van der Waals surface area contributed by atoms with Crippen LogP contribution in [0.15, 0.2) is 42.6 Å². The summed E-state index contributed by atoms with van der Waals surface area (Å²) in [6, 6.07) is 12.2. The third-order valence-electron chi connectivity index (χ3n) is 2.95. The summed E-state index contributed by atoms with van der Waals surface area (Å²) in [5.74, 6) is 1.31. The molecule has 0 fully saturated rings. The summed E-state index contributed by atoms with van der Waals surface area (Å²) in [4.78, 5) is 4.35. The van der Waals surface area contributed by atoms with Crippen molar-refractivity contribution in [2.24, 2.45) is 5.73 Å². The van der Waals surface area contributed by atoms with Gasteiger partial charge in [-0.05, 0) is 23.6 Å². The molecule has 0 atom stereocenters. The van der Waals surface area contributed by atoms with Crippen molar-refractivity contribution in [1.29, 1.82) is 0 Å². The Labute approximate surface area is 108 Å². The minimum absolute atomic E-state index is 0.471. The van der Waals surface area contributed by atoms with Gasteiger partial charge in [0.15, 0.2) is 0 Å². The van der Waals surface area contributed by atoms with Crippen LogP contribution in [0.25, 0.3) is 0 Å². The lowest BCUT2D eigenvalue weighted by Crippen LogP contribution is -2.05. The first kappa shape index (κ1) is 12.6. The van der Waals surface area contributed by atoms with Crippen LogP contribution in [0.5, 0.6) is 0 Å². The zero-order valence-electron chi connectivity index (χ0n) is 10.9. The van der Waals surface area contributed by atoms with Gasteiger partial charge in [0.05, 0.1) is 0 Å². The highest BCUT2D eigenvalue weighted by Crippen LogP contribution is 2.27. The lowest BCUT2D eigenvalue weighted by molar-refractivity contribution is 0.868. The lowest BCUT2D eigenvalue weighted by atomic mass is 10.0. The number of anilines is 2. The number of hydrogen-bond donors (Lipinski definition) is 2. The van der Waals surface area contributed by atoms with E-state index in [1.165, 1.54) is 5.56 Å². The van der Waals surface area contributed by atoms with Crippen LogP contribution in [0.4, 0.5) is 11.5 Å². The smallest absolute Gasteiger partial charge is 0.134 e. The maximum Gasteiger partial charge on any atom is 0.134 e. The van der Waals surface area contributed by atoms with Gasteiger partial charge in [0.25, 0.3) is 0 Å². The van der Waals surface area contributed by atoms with Gasteiger partial charge in [0, 0.05) is 24.0 Å². The number of aromatic nitrogens is 1. The third kappa shape index (κ3) is 2.68. The maximum atomic E-state index is 5.72. The quantitative estimate of drug-likeness (QED) is 0.862. The molecule has 3 nitrogen and oxygen atoms in total. The van der Waals surface area contributed by atoms with Crippen molar-refractivity contribution in [3.8, 4) is 0 Å². The molecule has 0 unspecified atom stereocenters. The molecule has 0 amide bonds. The van der Waals surface area contributed by atoms with Crippen molar-refractivity contribution >= 4 is 11.5 Å². The first-order chi connectivity index (χ1) is 8.72. The minimum Gasteiger partial charge on any atom is -0.340 e. The molecule has 2 rings (SSSR count). The third-order valence-corrected chi connectivity index (χ3v) is 2.95. The number of nitrogens with two attached hydrogens (primary N) is 1. The van der Waals surface area contributed by atoms with Crippen molar-refractivity contribution in [1.82, 2.24) is 4.98 Å². The van der Waals surface area contributed by atoms with E-state index in [1.807, 2.05) is 18.2 Å². The molecule has 3 N–H and O–H groups in total. The Balaban J connectivity index is 2.34. The molecule has 0 spiro atoms. The van der Waals surface area contributed by atoms with Crippen LogP contribution in [-0.2, 0) is 6.54 Å². The highest BCUT2D eigenvalue weighted by molar-refractivity contribution is 5.63. The molecule has 18 heavy (non-hydrogen) atoms. The fourth-order valence-electron chi connectivity index (χ4n) is 1.96. The van der Waals surface area contributed by atoms with Gasteiger partial charge in [-0.1, -0.05) is 38.1 Å². The summed E-state index contributed by atoms with van der Waals surface area (Å²) < 4.78 is 0. The molecule has 0 aliphatic carbocycles. The molecular formula is C15H19N3. The Morgan fingerprint density at radius 3 is 2.67 bits per heavy atom. The summed E-state index contributed by atoms with van der Waals surface area (Å²) in [5, 5.41) is 3.38. The molecule has 94 valence electrons. The molecule has 3 heteroatoms. The van der Waals surface area contributed by atoms with Gasteiger partial charge in [-0.2, -0.15) is 0 Å². The molecule has 2 aromatic rings. The fraction of sp³-hybridized carbons (Fsp3) is 0.267. The highest BCUT2D eigenvalue weighted by Gasteiger charge is 2.08. The first-order valence-corrected chi connectivity index (χ1v) is 6.22. The second kappa shape index (κ2) is 5.65. The molecular weight excluding hydrogens is 222 g/mol. The zero-order valence-corrected chi connectivity index (χ0v) is 10.9. The van der Waals surface area contributed by atoms with Gasteiger partial charge < -0.3 is 11.1 Å². The van der Waals surface area contributed by atoms with E-state index in [9.17, 15) is 0 Å². The van der Waals surface area contributed by atoms with Crippen molar-refractivity contribution in [2.45, 2.75) is 26.3 Å². The van der Waals surface area contributed by atoms with Crippen LogP contribution in [0.1, 0.15) is 30.9 Å².